The number of aromatic nitrogens is 2. The second-order valence-electron chi connectivity index (χ2n) is 3.57. The summed E-state index contributed by atoms with van der Waals surface area (Å²) in [6.45, 7) is 6.14. The van der Waals surface area contributed by atoms with Crippen molar-refractivity contribution in [3.63, 3.8) is 0 Å². The molecule has 0 saturated heterocycles. The molecule has 0 saturated carbocycles. The molecule has 0 bridgehead atoms. The smallest absolute Gasteiger partial charge is 0.0892 e. The Morgan fingerprint density at radius 2 is 1.64 bits per heavy atom. The van der Waals surface area contributed by atoms with Gasteiger partial charge in [0.2, 0.25) is 0 Å². The fraction of sp³-hybridized carbons (Fsp3) is 0.333. The number of fused-ring (bicyclic) bond motifs is 1. The third kappa shape index (κ3) is 1.48. The Morgan fingerprint density at radius 1 is 1.00 bits per heavy atom. The van der Waals surface area contributed by atoms with Gasteiger partial charge in [-0.25, -0.2) is 9.97 Å². The average molecular weight is 186 g/mol. The van der Waals surface area contributed by atoms with Crippen molar-refractivity contribution in [2.45, 2.75) is 27.2 Å². The van der Waals surface area contributed by atoms with Crippen molar-refractivity contribution < 1.29 is 0 Å². The first kappa shape index (κ1) is 9.13. The first-order chi connectivity index (χ1) is 6.70. The average Bonchev–Trinajstić information content (AvgIpc) is 2.19. The second kappa shape index (κ2) is 3.37. The Hall–Kier alpha value is -1.44. The lowest BCUT2D eigenvalue weighted by Crippen LogP contribution is -1.93. The van der Waals surface area contributed by atoms with E-state index in [1.807, 2.05) is 19.9 Å². The lowest BCUT2D eigenvalue weighted by Gasteiger charge is -2.03. The minimum atomic E-state index is 0.991. The summed E-state index contributed by atoms with van der Waals surface area (Å²) in [4.78, 5) is 9.01. The summed E-state index contributed by atoms with van der Waals surface area (Å²) >= 11 is 0. The summed E-state index contributed by atoms with van der Waals surface area (Å²) in [5, 5.41) is 0. The van der Waals surface area contributed by atoms with Gasteiger partial charge in [0, 0.05) is 0 Å². The van der Waals surface area contributed by atoms with E-state index >= 15 is 0 Å². The Morgan fingerprint density at radius 3 is 2.29 bits per heavy atom. The summed E-state index contributed by atoms with van der Waals surface area (Å²) in [5.74, 6) is 0. The van der Waals surface area contributed by atoms with Crippen molar-refractivity contribution in [1.29, 1.82) is 0 Å². The van der Waals surface area contributed by atoms with Gasteiger partial charge in [-0.2, -0.15) is 0 Å². The van der Waals surface area contributed by atoms with Crippen LogP contribution in [0.2, 0.25) is 0 Å². The molecule has 2 heteroatoms. The van der Waals surface area contributed by atoms with Crippen LogP contribution in [0.25, 0.3) is 11.0 Å². The van der Waals surface area contributed by atoms with Crippen molar-refractivity contribution in [2.24, 2.45) is 0 Å². The highest BCUT2D eigenvalue weighted by molar-refractivity contribution is 5.75. The van der Waals surface area contributed by atoms with Crippen LogP contribution in [0.4, 0.5) is 0 Å². The van der Waals surface area contributed by atoms with E-state index in [-0.39, 0.29) is 0 Å². The van der Waals surface area contributed by atoms with Gasteiger partial charge in [0.25, 0.3) is 0 Å². The van der Waals surface area contributed by atoms with Crippen LogP contribution >= 0.6 is 0 Å². The Labute approximate surface area is 84.0 Å². The number of nitrogens with zero attached hydrogens (tertiary/aromatic N) is 2. The van der Waals surface area contributed by atoms with Gasteiger partial charge >= 0.3 is 0 Å². The van der Waals surface area contributed by atoms with E-state index in [0.717, 1.165) is 28.8 Å². The normalized spacial score (nSPS) is 10.8. The van der Waals surface area contributed by atoms with Crippen LogP contribution in [0.15, 0.2) is 18.2 Å². The SMILES string of the molecule is CCc1ccc2nc(C)c(C)nc2c1. The molecule has 0 N–H and O–H groups in total. The molecule has 0 aliphatic rings. The van der Waals surface area contributed by atoms with E-state index in [2.05, 4.69) is 29.0 Å². The molecule has 0 atom stereocenters. The first-order valence-corrected chi connectivity index (χ1v) is 4.94. The van der Waals surface area contributed by atoms with Crippen molar-refractivity contribution in [3.05, 3.63) is 35.2 Å². The maximum absolute atomic E-state index is 4.52. The molecule has 72 valence electrons. The molecule has 2 rings (SSSR count). The van der Waals surface area contributed by atoms with Gasteiger partial charge in [0.15, 0.2) is 0 Å². The van der Waals surface area contributed by atoms with E-state index in [4.69, 9.17) is 0 Å². The van der Waals surface area contributed by atoms with Gasteiger partial charge in [-0.1, -0.05) is 13.0 Å². The van der Waals surface area contributed by atoms with Gasteiger partial charge < -0.3 is 0 Å². The van der Waals surface area contributed by atoms with Crippen molar-refractivity contribution >= 4 is 11.0 Å². The molecule has 2 aromatic rings. The molecule has 0 aliphatic carbocycles. The third-order valence-corrected chi connectivity index (χ3v) is 2.55. The Kier molecular flexibility index (Phi) is 2.20. The predicted molar refractivity (Wildman–Crippen MR) is 58.4 cm³/mol. The lowest BCUT2D eigenvalue weighted by molar-refractivity contribution is 1.09. The van der Waals surface area contributed by atoms with Crippen LogP contribution in [-0.2, 0) is 6.42 Å². The Balaban J connectivity index is 2.70. The minimum absolute atomic E-state index is 0.991. The van der Waals surface area contributed by atoms with Gasteiger partial charge in [-0.15, -0.1) is 0 Å². The highest BCUT2D eigenvalue weighted by atomic mass is 14.8. The Bertz CT molecular complexity index is 475. The fourth-order valence-corrected chi connectivity index (χ4v) is 1.50. The molecule has 0 fully saturated rings. The molecular formula is C12H14N2. The molecule has 0 amide bonds. The van der Waals surface area contributed by atoms with Crippen LogP contribution < -0.4 is 0 Å². The number of aryl methyl sites for hydroxylation is 3. The molecule has 0 spiro atoms. The van der Waals surface area contributed by atoms with E-state index in [9.17, 15) is 0 Å². The number of hydrogen-bond donors (Lipinski definition) is 0. The molecule has 2 nitrogen and oxygen atoms in total. The zero-order valence-corrected chi connectivity index (χ0v) is 8.83. The maximum Gasteiger partial charge on any atom is 0.0892 e. The van der Waals surface area contributed by atoms with Gasteiger partial charge in [-0.3, -0.25) is 0 Å². The second-order valence-corrected chi connectivity index (χ2v) is 3.57. The molecule has 1 aromatic heterocycles. The summed E-state index contributed by atoms with van der Waals surface area (Å²) in [6, 6.07) is 6.29. The minimum Gasteiger partial charge on any atom is -0.250 e. The highest BCUT2D eigenvalue weighted by Gasteiger charge is 2.01. The van der Waals surface area contributed by atoms with E-state index in [0.29, 0.717) is 0 Å². The zero-order chi connectivity index (χ0) is 10.1. The zero-order valence-electron chi connectivity index (χ0n) is 8.83. The summed E-state index contributed by atoms with van der Waals surface area (Å²) in [7, 11) is 0. The molecule has 1 aromatic carbocycles. The number of hydrogen-bond acceptors (Lipinski definition) is 2. The lowest BCUT2D eigenvalue weighted by atomic mass is 10.1. The highest BCUT2D eigenvalue weighted by Crippen LogP contribution is 2.14. The quantitative estimate of drug-likeness (QED) is 0.684. The standard InChI is InChI=1S/C12H14N2/c1-4-10-5-6-11-12(7-10)14-9(3)8(2)13-11/h5-7H,4H2,1-3H3. The molecule has 1 heterocycles. The molecule has 14 heavy (non-hydrogen) atoms. The van der Waals surface area contributed by atoms with E-state index in [1.54, 1.807) is 0 Å². The van der Waals surface area contributed by atoms with Crippen molar-refractivity contribution in [1.82, 2.24) is 9.97 Å². The van der Waals surface area contributed by atoms with Crippen LogP contribution in [0.3, 0.4) is 0 Å². The van der Waals surface area contributed by atoms with Crippen LogP contribution in [0.5, 0.6) is 0 Å². The third-order valence-electron chi connectivity index (χ3n) is 2.55. The molecule has 0 unspecified atom stereocenters. The largest absolute Gasteiger partial charge is 0.250 e. The summed E-state index contributed by atoms with van der Waals surface area (Å²) in [5.41, 5.74) is 5.35. The number of rotatable bonds is 1. The van der Waals surface area contributed by atoms with E-state index in [1.165, 1.54) is 5.56 Å². The summed E-state index contributed by atoms with van der Waals surface area (Å²) < 4.78 is 0. The summed E-state index contributed by atoms with van der Waals surface area (Å²) in [6.07, 6.45) is 1.05. The van der Waals surface area contributed by atoms with Crippen LogP contribution in [-0.4, -0.2) is 9.97 Å². The van der Waals surface area contributed by atoms with Crippen LogP contribution in [0.1, 0.15) is 23.9 Å². The van der Waals surface area contributed by atoms with Gasteiger partial charge in [0.05, 0.1) is 22.4 Å². The maximum atomic E-state index is 4.52. The van der Waals surface area contributed by atoms with Crippen molar-refractivity contribution in [3.8, 4) is 0 Å². The van der Waals surface area contributed by atoms with Gasteiger partial charge in [-0.05, 0) is 38.0 Å². The van der Waals surface area contributed by atoms with Crippen molar-refractivity contribution in [2.75, 3.05) is 0 Å². The topological polar surface area (TPSA) is 25.8 Å². The predicted octanol–water partition coefficient (Wildman–Crippen LogP) is 2.81. The fourth-order valence-electron chi connectivity index (χ4n) is 1.50. The molecule has 0 aliphatic heterocycles. The van der Waals surface area contributed by atoms with E-state index < -0.39 is 0 Å². The van der Waals surface area contributed by atoms with Crippen LogP contribution in [0, 0.1) is 13.8 Å². The molecule has 0 radical (unpaired) electrons. The number of benzene rings is 1. The monoisotopic (exact) mass is 186 g/mol. The van der Waals surface area contributed by atoms with Gasteiger partial charge in [0.1, 0.15) is 0 Å². The molecular weight excluding hydrogens is 172 g/mol. The first-order valence-electron chi connectivity index (χ1n) is 4.94.